The van der Waals surface area contributed by atoms with Crippen molar-refractivity contribution in [2.24, 2.45) is 0 Å². The summed E-state index contributed by atoms with van der Waals surface area (Å²) in [6.07, 6.45) is 0. The molecule has 0 aliphatic carbocycles. The van der Waals surface area contributed by atoms with Gasteiger partial charge in [-0.25, -0.2) is 0 Å². The molecule has 1 heteroatoms. The van der Waals surface area contributed by atoms with Crippen LogP contribution in [0.4, 0.5) is 0 Å². The minimum atomic E-state index is -0.718. The molecule has 11 aromatic carbocycles. The molecule has 11 rings (SSSR count). The topological polar surface area (TPSA) is 0 Å². The van der Waals surface area contributed by atoms with Gasteiger partial charge in [0, 0.05) is 0 Å². The van der Waals surface area contributed by atoms with Crippen LogP contribution < -0.4 is 10.4 Å². The third-order valence-corrected chi connectivity index (χ3v) is 13.5. The molecule has 0 nitrogen and oxygen atoms in total. The Labute approximate surface area is 335 Å². The van der Waals surface area contributed by atoms with Gasteiger partial charge < -0.3 is 0 Å². The third kappa shape index (κ3) is 6.01. The zero-order valence-electron chi connectivity index (χ0n) is 31.5. The second-order valence-corrected chi connectivity index (χ2v) is 17.3. The Morgan fingerprint density at radius 1 is 0.228 bits per heavy atom. The SMILES string of the molecule is c1ccc([SiH2]c2ccc3c(-c4cccc5ccccc45)c4ccccc4c(-c4cc(-c5ccc6ccccc6c5)cc(-c5ccc6ccccc6c5)c4)c3c2)cc1. The molecule has 11 aromatic rings. The predicted octanol–water partition coefficient (Wildman–Crippen LogP) is 13.2. The van der Waals surface area contributed by atoms with E-state index in [0.29, 0.717) is 0 Å². The van der Waals surface area contributed by atoms with E-state index in [2.05, 4.69) is 218 Å². The average Bonchev–Trinajstić information content (AvgIpc) is 3.28. The van der Waals surface area contributed by atoms with Crippen molar-refractivity contribution in [3.63, 3.8) is 0 Å². The van der Waals surface area contributed by atoms with Crippen molar-refractivity contribution in [2.45, 2.75) is 0 Å². The highest BCUT2D eigenvalue weighted by atomic mass is 28.2. The van der Waals surface area contributed by atoms with E-state index in [0.717, 1.165) is 0 Å². The van der Waals surface area contributed by atoms with Crippen LogP contribution in [0.3, 0.4) is 0 Å². The second-order valence-electron chi connectivity index (χ2n) is 15.3. The zero-order chi connectivity index (χ0) is 37.7. The number of fused-ring (bicyclic) bond motifs is 5. The summed E-state index contributed by atoms with van der Waals surface area (Å²) in [7, 11) is -0.718. The Morgan fingerprint density at radius 2 is 0.737 bits per heavy atom. The summed E-state index contributed by atoms with van der Waals surface area (Å²) in [6.45, 7) is 0. The lowest BCUT2D eigenvalue weighted by molar-refractivity contribution is 1.60. The molecule has 0 saturated carbocycles. The summed E-state index contributed by atoms with van der Waals surface area (Å²) in [5, 5.41) is 15.6. The van der Waals surface area contributed by atoms with Gasteiger partial charge in [0.05, 0.1) is 9.52 Å². The molecular weight excluding hydrogens is 701 g/mol. The highest BCUT2D eigenvalue weighted by molar-refractivity contribution is 6.67. The van der Waals surface area contributed by atoms with Crippen LogP contribution in [0.5, 0.6) is 0 Å². The van der Waals surface area contributed by atoms with E-state index in [1.165, 1.54) is 109 Å². The number of hydrogen-bond acceptors (Lipinski definition) is 0. The van der Waals surface area contributed by atoms with Gasteiger partial charge in [-0.2, -0.15) is 0 Å². The molecule has 0 aliphatic rings. The lowest BCUT2D eigenvalue weighted by atomic mass is 9.83. The van der Waals surface area contributed by atoms with Crippen LogP contribution in [0.25, 0.3) is 98.4 Å². The van der Waals surface area contributed by atoms with Crippen LogP contribution in [0.1, 0.15) is 0 Å². The van der Waals surface area contributed by atoms with E-state index >= 15 is 0 Å². The number of benzene rings is 11. The second kappa shape index (κ2) is 13.9. The first-order valence-corrected chi connectivity index (χ1v) is 21.3. The van der Waals surface area contributed by atoms with Crippen molar-refractivity contribution in [3.8, 4) is 44.5 Å². The van der Waals surface area contributed by atoms with Gasteiger partial charge in [-0.3, -0.25) is 0 Å². The Morgan fingerprint density at radius 3 is 1.40 bits per heavy atom. The Balaban J connectivity index is 1.24. The molecule has 0 amide bonds. The molecule has 0 N–H and O–H groups in total. The predicted molar refractivity (Wildman–Crippen MR) is 250 cm³/mol. The van der Waals surface area contributed by atoms with Crippen molar-refractivity contribution in [2.75, 3.05) is 0 Å². The van der Waals surface area contributed by atoms with Gasteiger partial charge in [0.25, 0.3) is 0 Å². The lowest BCUT2D eigenvalue weighted by Gasteiger charge is -2.21. The van der Waals surface area contributed by atoms with Crippen LogP contribution in [0.2, 0.25) is 0 Å². The quantitative estimate of drug-likeness (QED) is 0.118. The maximum atomic E-state index is 2.53. The minimum absolute atomic E-state index is 0.718. The van der Waals surface area contributed by atoms with Crippen LogP contribution in [0.15, 0.2) is 218 Å². The van der Waals surface area contributed by atoms with E-state index in [1.807, 2.05) is 0 Å². The molecular formula is C56H38Si. The molecule has 0 fully saturated rings. The molecule has 0 radical (unpaired) electrons. The largest absolute Gasteiger partial charge is 0.0875 e. The van der Waals surface area contributed by atoms with Gasteiger partial charge in [0.2, 0.25) is 0 Å². The first-order chi connectivity index (χ1) is 28.2. The van der Waals surface area contributed by atoms with Crippen molar-refractivity contribution in [3.05, 3.63) is 218 Å². The van der Waals surface area contributed by atoms with Crippen LogP contribution in [-0.2, 0) is 0 Å². The zero-order valence-corrected chi connectivity index (χ0v) is 32.9. The summed E-state index contributed by atoms with van der Waals surface area (Å²) >= 11 is 0. The van der Waals surface area contributed by atoms with Crippen LogP contribution in [-0.4, -0.2) is 9.52 Å². The molecule has 0 heterocycles. The fourth-order valence-corrected chi connectivity index (χ4v) is 10.6. The first-order valence-electron chi connectivity index (χ1n) is 19.9. The summed E-state index contributed by atoms with van der Waals surface area (Å²) < 4.78 is 0. The average molecular weight is 739 g/mol. The summed E-state index contributed by atoms with van der Waals surface area (Å²) in [5.41, 5.74) is 9.96. The van der Waals surface area contributed by atoms with Gasteiger partial charge in [-0.1, -0.05) is 198 Å². The Kier molecular flexibility index (Phi) is 8.12. The molecule has 0 unspecified atom stereocenters. The first kappa shape index (κ1) is 33.3. The maximum absolute atomic E-state index is 2.53. The Hall–Kier alpha value is -7.06. The summed E-state index contributed by atoms with van der Waals surface area (Å²) in [4.78, 5) is 0. The Bertz CT molecular complexity index is 3220. The summed E-state index contributed by atoms with van der Waals surface area (Å²) in [5.74, 6) is 0. The number of hydrogen-bond donors (Lipinski definition) is 0. The van der Waals surface area contributed by atoms with Gasteiger partial charge in [0.15, 0.2) is 0 Å². The van der Waals surface area contributed by atoms with Crippen molar-refractivity contribution in [1.82, 2.24) is 0 Å². The van der Waals surface area contributed by atoms with E-state index in [9.17, 15) is 0 Å². The number of rotatable bonds is 6. The maximum Gasteiger partial charge on any atom is 0.0875 e. The molecule has 57 heavy (non-hydrogen) atoms. The van der Waals surface area contributed by atoms with Crippen molar-refractivity contribution in [1.29, 1.82) is 0 Å². The molecule has 0 aliphatic heterocycles. The van der Waals surface area contributed by atoms with E-state index < -0.39 is 9.52 Å². The molecule has 0 spiro atoms. The van der Waals surface area contributed by atoms with E-state index in [4.69, 9.17) is 0 Å². The molecule has 0 aromatic heterocycles. The van der Waals surface area contributed by atoms with Crippen molar-refractivity contribution < 1.29 is 0 Å². The monoisotopic (exact) mass is 738 g/mol. The normalized spacial score (nSPS) is 11.8. The molecule has 266 valence electrons. The lowest BCUT2D eigenvalue weighted by Crippen LogP contribution is -2.26. The molecule has 0 bridgehead atoms. The smallest absolute Gasteiger partial charge is 0.0633 e. The van der Waals surface area contributed by atoms with Gasteiger partial charge >= 0.3 is 0 Å². The third-order valence-electron chi connectivity index (χ3n) is 11.8. The fraction of sp³-hybridized carbons (Fsp3) is 0. The van der Waals surface area contributed by atoms with E-state index in [-0.39, 0.29) is 0 Å². The van der Waals surface area contributed by atoms with Crippen molar-refractivity contribution >= 4 is 73.8 Å². The highest BCUT2D eigenvalue weighted by Gasteiger charge is 2.20. The van der Waals surface area contributed by atoms with Gasteiger partial charge in [-0.05, 0) is 129 Å². The highest BCUT2D eigenvalue weighted by Crippen LogP contribution is 2.46. The molecule has 0 saturated heterocycles. The van der Waals surface area contributed by atoms with Crippen LogP contribution in [0, 0.1) is 0 Å². The van der Waals surface area contributed by atoms with Crippen LogP contribution >= 0.6 is 0 Å². The minimum Gasteiger partial charge on any atom is -0.0633 e. The summed E-state index contributed by atoms with van der Waals surface area (Å²) in [6, 6.07) is 81.5. The van der Waals surface area contributed by atoms with Gasteiger partial charge in [0.1, 0.15) is 0 Å². The standard InChI is InChI=1S/C56H38Si/c1-2-19-47(20-3-1)57-48-29-30-53-54(36-48)55(51-22-10-11-23-52(51)56(53)50-24-12-18-39-15-8-9-21-49(39)50)46-34-44(42-27-25-37-13-4-6-16-40(37)31-42)33-45(35-46)43-28-26-38-14-5-7-17-41(38)32-43/h1-36H,57H2. The fourth-order valence-electron chi connectivity index (χ4n) is 9.05. The van der Waals surface area contributed by atoms with E-state index in [1.54, 1.807) is 0 Å². The molecule has 0 atom stereocenters. The van der Waals surface area contributed by atoms with Gasteiger partial charge in [-0.15, -0.1) is 0 Å².